The molecule has 0 spiro atoms. The fourth-order valence-electron chi connectivity index (χ4n) is 2.08. The molecule has 0 aromatic heterocycles. The maximum atomic E-state index is 5.73. The molecule has 13 heavy (non-hydrogen) atoms. The molecule has 0 aliphatic carbocycles. The Hall–Kier alpha value is -1.02. The zero-order valence-electron chi connectivity index (χ0n) is 8.17. The molecule has 2 rings (SSSR count). The summed E-state index contributed by atoms with van der Waals surface area (Å²) in [7, 11) is 0. The number of rotatable bonds is 1. The van der Waals surface area contributed by atoms with E-state index in [1.54, 1.807) is 0 Å². The largest absolute Gasteiger partial charge is 0.380 e. The zero-order chi connectivity index (χ0) is 9.47. The van der Waals surface area contributed by atoms with Crippen molar-refractivity contribution >= 4 is 5.69 Å². The Kier molecular flexibility index (Phi) is 1.81. The van der Waals surface area contributed by atoms with Crippen LogP contribution in [-0.2, 0) is 5.41 Å². The highest BCUT2D eigenvalue weighted by atomic mass is 15.0. The Morgan fingerprint density at radius 2 is 2.08 bits per heavy atom. The molecule has 70 valence electrons. The van der Waals surface area contributed by atoms with Gasteiger partial charge in [0.05, 0.1) is 0 Å². The van der Waals surface area contributed by atoms with Crippen molar-refractivity contribution in [2.45, 2.75) is 25.3 Å². The fraction of sp³-hybridized carbons (Fsp3) is 0.455. The summed E-state index contributed by atoms with van der Waals surface area (Å²) in [6.45, 7) is 5.16. The third-order valence-electron chi connectivity index (χ3n) is 3.06. The van der Waals surface area contributed by atoms with E-state index in [-0.39, 0.29) is 5.41 Å². The van der Waals surface area contributed by atoms with Crippen LogP contribution in [0.25, 0.3) is 0 Å². The number of nitrogens with one attached hydrogen (secondary N) is 1. The molecule has 1 atom stereocenters. The summed E-state index contributed by atoms with van der Waals surface area (Å²) in [5, 5.41) is 3.45. The molecule has 0 saturated heterocycles. The summed E-state index contributed by atoms with van der Waals surface area (Å²) in [4.78, 5) is 0. The van der Waals surface area contributed by atoms with Gasteiger partial charge in [-0.15, -0.1) is 0 Å². The van der Waals surface area contributed by atoms with Gasteiger partial charge < -0.3 is 11.1 Å². The van der Waals surface area contributed by atoms with Crippen LogP contribution in [-0.4, -0.2) is 12.6 Å². The summed E-state index contributed by atoms with van der Waals surface area (Å²) in [5.74, 6) is 0. The summed E-state index contributed by atoms with van der Waals surface area (Å²) < 4.78 is 0. The first kappa shape index (κ1) is 8.57. The van der Waals surface area contributed by atoms with Crippen LogP contribution in [0.3, 0.4) is 0 Å². The van der Waals surface area contributed by atoms with Crippen LogP contribution in [0.4, 0.5) is 5.69 Å². The maximum Gasteiger partial charge on any atom is 0.0475 e. The normalized spacial score (nSPS) is 23.8. The molecular weight excluding hydrogens is 160 g/mol. The first-order valence-corrected chi connectivity index (χ1v) is 4.72. The summed E-state index contributed by atoms with van der Waals surface area (Å²) in [5.41, 5.74) is 8.50. The van der Waals surface area contributed by atoms with Crippen molar-refractivity contribution in [3.05, 3.63) is 29.8 Å². The quantitative estimate of drug-likeness (QED) is 0.683. The molecule has 1 aromatic carbocycles. The minimum absolute atomic E-state index is 0.158. The van der Waals surface area contributed by atoms with Gasteiger partial charge >= 0.3 is 0 Å². The van der Waals surface area contributed by atoms with Gasteiger partial charge in [-0.05, 0) is 11.6 Å². The topological polar surface area (TPSA) is 38.0 Å². The van der Waals surface area contributed by atoms with Gasteiger partial charge in [-0.25, -0.2) is 0 Å². The maximum absolute atomic E-state index is 5.73. The highest BCUT2D eigenvalue weighted by molar-refractivity contribution is 5.61. The van der Waals surface area contributed by atoms with Gasteiger partial charge in [0.15, 0.2) is 0 Å². The molecule has 0 saturated carbocycles. The van der Waals surface area contributed by atoms with Crippen LogP contribution in [0.15, 0.2) is 24.3 Å². The predicted molar refractivity (Wildman–Crippen MR) is 55.9 cm³/mol. The van der Waals surface area contributed by atoms with Gasteiger partial charge in [-0.1, -0.05) is 32.0 Å². The summed E-state index contributed by atoms with van der Waals surface area (Å²) in [6.07, 6.45) is 0. The van der Waals surface area contributed by atoms with Crippen LogP contribution in [0, 0.1) is 0 Å². The summed E-state index contributed by atoms with van der Waals surface area (Å²) in [6, 6.07) is 8.80. The van der Waals surface area contributed by atoms with Crippen LogP contribution in [0.1, 0.15) is 19.4 Å². The zero-order valence-corrected chi connectivity index (χ0v) is 8.17. The lowest BCUT2D eigenvalue weighted by atomic mass is 9.81. The molecule has 3 N–H and O–H groups in total. The molecule has 2 nitrogen and oxygen atoms in total. The molecule has 1 aromatic rings. The third kappa shape index (κ3) is 1.13. The van der Waals surface area contributed by atoms with E-state index in [0.717, 1.165) is 0 Å². The van der Waals surface area contributed by atoms with Gasteiger partial charge in [0, 0.05) is 23.7 Å². The van der Waals surface area contributed by atoms with E-state index in [2.05, 4.69) is 43.4 Å². The second-order valence-electron chi connectivity index (χ2n) is 4.20. The molecule has 1 heterocycles. The number of fused-ring (bicyclic) bond motifs is 1. The standard InChI is InChI=1S/C11H16N2/c1-11(2)8-5-3-4-6-9(8)13-10(11)7-12/h3-6,10,13H,7,12H2,1-2H3/t10-/m1/s1. The lowest BCUT2D eigenvalue weighted by Gasteiger charge is -2.26. The molecule has 0 amide bonds. The second kappa shape index (κ2) is 2.74. The van der Waals surface area contributed by atoms with E-state index in [1.807, 2.05) is 0 Å². The Bertz CT molecular complexity index is 318. The third-order valence-corrected chi connectivity index (χ3v) is 3.06. The summed E-state index contributed by atoms with van der Waals surface area (Å²) >= 11 is 0. The highest BCUT2D eigenvalue weighted by Gasteiger charge is 2.37. The van der Waals surface area contributed by atoms with Crippen molar-refractivity contribution in [2.75, 3.05) is 11.9 Å². The van der Waals surface area contributed by atoms with E-state index in [4.69, 9.17) is 5.73 Å². The number of hydrogen-bond acceptors (Lipinski definition) is 2. The molecular formula is C11H16N2. The van der Waals surface area contributed by atoms with Crippen molar-refractivity contribution in [3.63, 3.8) is 0 Å². The first-order chi connectivity index (χ1) is 6.16. The van der Waals surface area contributed by atoms with Crippen LogP contribution < -0.4 is 11.1 Å². The van der Waals surface area contributed by atoms with Gasteiger partial charge in [0.2, 0.25) is 0 Å². The SMILES string of the molecule is CC1(C)c2ccccc2N[C@@H]1CN. The molecule has 0 fully saturated rings. The number of para-hydroxylation sites is 1. The van der Waals surface area contributed by atoms with Crippen LogP contribution in [0.5, 0.6) is 0 Å². The van der Waals surface area contributed by atoms with Gasteiger partial charge in [0.1, 0.15) is 0 Å². The van der Waals surface area contributed by atoms with Gasteiger partial charge in [0.25, 0.3) is 0 Å². The van der Waals surface area contributed by atoms with E-state index in [1.165, 1.54) is 11.3 Å². The number of benzene rings is 1. The van der Waals surface area contributed by atoms with Crippen molar-refractivity contribution in [1.82, 2.24) is 0 Å². The van der Waals surface area contributed by atoms with Crippen molar-refractivity contribution in [2.24, 2.45) is 5.73 Å². The smallest absolute Gasteiger partial charge is 0.0475 e. The van der Waals surface area contributed by atoms with Crippen molar-refractivity contribution < 1.29 is 0 Å². The van der Waals surface area contributed by atoms with E-state index < -0.39 is 0 Å². The van der Waals surface area contributed by atoms with Crippen LogP contribution >= 0.6 is 0 Å². The average Bonchev–Trinajstić information content (AvgIpc) is 2.39. The lowest BCUT2D eigenvalue weighted by molar-refractivity contribution is 0.466. The molecule has 0 radical (unpaired) electrons. The Labute approximate surface area is 79.1 Å². The molecule has 0 unspecified atom stereocenters. The van der Waals surface area contributed by atoms with Gasteiger partial charge in [-0.2, -0.15) is 0 Å². The van der Waals surface area contributed by atoms with Crippen molar-refractivity contribution in [3.8, 4) is 0 Å². The monoisotopic (exact) mass is 176 g/mol. The Morgan fingerprint density at radius 3 is 2.69 bits per heavy atom. The Morgan fingerprint density at radius 1 is 1.38 bits per heavy atom. The van der Waals surface area contributed by atoms with Crippen LogP contribution in [0.2, 0.25) is 0 Å². The lowest BCUT2D eigenvalue weighted by Crippen LogP contribution is -2.39. The Balaban J connectivity index is 2.47. The van der Waals surface area contributed by atoms with Crippen molar-refractivity contribution in [1.29, 1.82) is 0 Å². The molecule has 2 heteroatoms. The highest BCUT2D eigenvalue weighted by Crippen LogP contribution is 2.39. The number of anilines is 1. The minimum atomic E-state index is 0.158. The van der Waals surface area contributed by atoms with Gasteiger partial charge in [-0.3, -0.25) is 0 Å². The minimum Gasteiger partial charge on any atom is -0.380 e. The fourth-order valence-corrected chi connectivity index (χ4v) is 2.08. The van der Waals surface area contributed by atoms with E-state index >= 15 is 0 Å². The predicted octanol–water partition coefficient (Wildman–Crippen LogP) is 1.72. The molecule has 1 aliphatic heterocycles. The molecule has 0 bridgehead atoms. The molecule has 1 aliphatic rings. The number of hydrogen-bond donors (Lipinski definition) is 2. The number of nitrogens with two attached hydrogens (primary N) is 1. The average molecular weight is 176 g/mol. The van der Waals surface area contributed by atoms with E-state index in [9.17, 15) is 0 Å². The second-order valence-corrected chi connectivity index (χ2v) is 4.20. The van der Waals surface area contributed by atoms with E-state index in [0.29, 0.717) is 12.6 Å². The first-order valence-electron chi connectivity index (χ1n) is 4.72.